The van der Waals surface area contributed by atoms with Crippen molar-refractivity contribution in [3.05, 3.63) is 0 Å². The summed E-state index contributed by atoms with van der Waals surface area (Å²) in [6, 6.07) is 1.36. The number of hydrogen-bond donors (Lipinski definition) is 1. The number of fused-ring (bicyclic) bond motifs is 3. The number of ether oxygens (including phenoxy) is 1. The number of rotatable bonds is 6. The number of likely N-dealkylation sites (tertiary alicyclic amines) is 1. The second-order valence-electron chi connectivity index (χ2n) is 8.93. The van der Waals surface area contributed by atoms with Crippen molar-refractivity contribution in [1.29, 1.82) is 5.26 Å². The second-order valence-corrected chi connectivity index (χ2v) is 8.93. The van der Waals surface area contributed by atoms with Crippen molar-refractivity contribution in [2.75, 3.05) is 19.7 Å². The second kappa shape index (κ2) is 7.75. The van der Waals surface area contributed by atoms with Crippen molar-refractivity contribution < 1.29 is 18.7 Å². The molecule has 7 heteroatoms. The van der Waals surface area contributed by atoms with Crippen LogP contribution in [0.1, 0.15) is 58.8 Å². The predicted octanol–water partition coefficient (Wildman–Crippen LogP) is 2.33. The maximum absolute atomic E-state index is 13.5. The first-order valence-corrected chi connectivity index (χ1v) is 10.0. The Balaban J connectivity index is 1.52. The summed E-state index contributed by atoms with van der Waals surface area (Å²) in [5.41, 5.74) is -0.489. The number of esters is 1. The first kappa shape index (κ1) is 20.1. The summed E-state index contributed by atoms with van der Waals surface area (Å²) in [4.78, 5) is 26.4. The summed E-state index contributed by atoms with van der Waals surface area (Å²) in [7, 11) is 0. The van der Waals surface area contributed by atoms with Gasteiger partial charge in [-0.15, -0.1) is 0 Å². The first-order valence-electron chi connectivity index (χ1n) is 10.0. The lowest BCUT2D eigenvalue weighted by atomic mass is 9.57. The van der Waals surface area contributed by atoms with Crippen LogP contribution in [0.3, 0.4) is 0 Å². The molecular weight excluding hydrogens is 349 g/mol. The van der Waals surface area contributed by atoms with E-state index in [1.807, 2.05) is 19.9 Å². The van der Waals surface area contributed by atoms with E-state index in [1.165, 1.54) is 4.90 Å². The summed E-state index contributed by atoms with van der Waals surface area (Å²) in [5.74, 6) is 0.0503. The molecule has 1 heterocycles. The summed E-state index contributed by atoms with van der Waals surface area (Å²) < 4.78 is 19.0. The van der Waals surface area contributed by atoms with Gasteiger partial charge in [0.1, 0.15) is 12.2 Å². The zero-order valence-corrected chi connectivity index (χ0v) is 16.3. The smallest absolute Gasteiger partial charge is 0.312 e. The van der Waals surface area contributed by atoms with Crippen molar-refractivity contribution in [2.24, 2.45) is 11.3 Å². The molecule has 0 radical (unpaired) electrons. The number of amides is 1. The molecule has 2 bridgehead atoms. The van der Waals surface area contributed by atoms with Crippen LogP contribution in [0.2, 0.25) is 0 Å². The molecule has 4 aliphatic rings. The van der Waals surface area contributed by atoms with Gasteiger partial charge in [0.2, 0.25) is 5.91 Å². The molecule has 3 aliphatic carbocycles. The van der Waals surface area contributed by atoms with Crippen molar-refractivity contribution in [3.63, 3.8) is 0 Å². The molecule has 1 aliphatic heterocycles. The zero-order valence-electron chi connectivity index (χ0n) is 16.3. The average Bonchev–Trinajstić information content (AvgIpc) is 3.06. The number of carbonyl (C=O) groups excluding carboxylic acids is 2. The summed E-state index contributed by atoms with van der Waals surface area (Å²) in [6.45, 7) is 4.65. The van der Waals surface area contributed by atoms with E-state index in [1.54, 1.807) is 0 Å². The van der Waals surface area contributed by atoms with Crippen LogP contribution in [-0.4, -0.2) is 54.2 Å². The maximum Gasteiger partial charge on any atom is 0.312 e. The number of nitriles is 1. The Bertz CT molecular complexity index is 606. The number of alkyl halides is 1. The molecule has 1 saturated heterocycles. The Hall–Kier alpha value is -1.68. The van der Waals surface area contributed by atoms with Gasteiger partial charge in [0.15, 0.2) is 0 Å². The molecule has 0 aromatic rings. The SMILES string of the molecule is CC(C)COC(=O)C12CCC(NCC(=O)N3C[C@@H](F)CC3C#N)(CC1)CC2. The average molecular weight is 379 g/mol. The number of hydrogen-bond acceptors (Lipinski definition) is 5. The van der Waals surface area contributed by atoms with E-state index in [0.29, 0.717) is 12.5 Å². The van der Waals surface area contributed by atoms with E-state index >= 15 is 0 Å². The lowest BCUT2D eigenvalue weighted by molar-refractivity contribution is -0.165. The third-order valence-electron chi connectivity index (χ3n) is 6.56. The molecule has 6 nitrogen and oxygen atoms in total. The normalized spacial score (nSPS) is 35.3. The van der Waals surface area contributed by atoms with Crippen LogP contribution >= 0.6 is 0 Å². The van der Waals surface area contributed by atoms with Crippen LogP contribution < -0.4 is 5.32 Å². The fraction of sp³-hybridized carbons (Fsp3) is 0.850. The topological polar surface area (TPSA) is 82.4 Å². The van der Waals surface area contributed by atoms with Crippen LogP contribution in [0.15, 0.2) is 0 Å². The Morgan fingerprint density at radius 2 is 1.89 bits per heavy atom. The van der Waals surface area contributed by atoms with Gasteiger partial charge in [-0.25, -0.2) is 4.39 Å². The number of carbonyl (C=O) groups is 2. The minimum atomic E-state index is -1.11. The summed E-state index contributed by atoms with van der Waals surface area (Å²) >= 11 is 0. The fourth-order valence-electron chi connectivity index (χ4n) is 4.70. The minimum absolute atomic E-state index is 0.0105. The molecule has 1 N–H and O–H groups in total. The van der Waals surface area contributed by atoms with Crippen LogP contribution in [0.4, 0.5) is 4.39 Å². The van der Waals surface area contributed by atoms with Gasteiger partial charge in [-0.1, -0.05) is 13.8 Å². The maximum atomic E-state index is 13.5. The first-order chi connectivity index (χ1) is 12.8. The Morgan fingerprint density at radius 1 is 1.26 bits per heavy atom. The molecule has 150 valence electrons. The number of nitrogens with one attached hydrogen (secondary N) is 1. The molecule has 4 fully saturated rings. The van der Waals surface area contributed by atoms with E-state index in [4.69, 9.17) is 10.00 Å². The van der Waals surface area contributed by atoms with Crippen LogP contribution in [0, 0.1) is 22.7 Å². The third kappa shape index (κ3) is 4.11. The van der Waals surface area contributed by atoms with Gasteiger partial charge in [-0.2, -0.15) is 5.26 Å². The van der Waals surface area contributed by atoms with Crippen molar-refractivity contribution in [1.82, 2.24) is 10.2 Å². The molecule has 0 aromatic heterocycles. The van der Waals surface area contributed by atoms with E-state index in [-0.39, 0.29) is 42.3 Å². The molecule has 4 rings (SSSR count). The van der Waals surface area contributed by atoms with E-state index in [9.17, 15) is 14.0 Å². The van der Waals surface area contributed by atoms with Crippen LogP contribution in [0.5, 0.6) is 0 Å². The highest BCUT2D eigenvalue weighted by Crippen LogP contribution is 2.53. The number of halogens is 1. The molecule has 27 heavy (non-hydrogen) atoms. The standard InChI is InChI=1S/C20H30FN3O3/c1-14(2)13-27-18(26)19-3-6-20(7-4-19,8-5-19)23-11-17(25)24-12-15(21)9-16(24)10-22/h14-16,23H,3-9,11-13H2,1-2H3/t15-,16?,19?,20?/m0/s1. The van der Waals surface area contributed by atoms with Gasteiger partial charge in [0, 0.05) is 12.0 Å². The van der Waals surface area contributed by atoms with E-state index in [0.717, 1.165) is 38.5 Å². The summed E-state index contributed by atoms with van der Waals surface area (Å²) in [5, 5.41) is 12.5. The lowest BCUT2D eigenvalue weighted by Gasteiger charge is -2.52. The van der Waals surface area contributed by atoms with Crippen LogP contribution in [-0.2, 0) is 14.3 Å². The predicted molar refractivity (Wildman–Crippen MR) is 97.3 cm³/mol. The highest BCUT2D eigenvalue weighted by Gasteiger charge is 2.53. The van der Waals surface area contributed by atoms with Crippen molar-refractivity contribution in [2.45, 2.75) is 76.5 Å². The molecule has 0 spiro atoms. The van der Waals surface area contributed by atoms with Crippen molar-refractivity contribution >= 4 is 11.9 Å². The Kier molecular flexibility index (Phi) is 5.76. The molecule has 2 atom stereocenters. The zero-order chi connectivity index (χ0) is 19.7. The number of nitrogens with zero attached hydrogens (tertiary/aromatic N) is 2. The quantitative estimate of drug-likeness (QED) is 0.716. The lowest BCUT2D eigenvalue weighted by Crippen LogP contribution is -2.59. The fourth-order valence-corrected chi connectivity index (χ4v) is 4.70. The van der Waals surface area contributed by atoms with E-state index in [2.05, 4.69) is 5.32 Å². The van der Waals surface area contributed by atoms with Crippen molar-refractivity contribution in [3.8, 4) is 6.07 Å². The third-order valence-corrected chi connectivity index (χ3v) is 6.56. The van der Waals surface area contributed by atoms with E-state index < -0.39 is 12.2 Å². The highest BCUT2D eigenvalue weighted by molar-refractivity contribution is 5.80. The molecule has 1 unspecified atom stereocenters. The van der Waals surface area contributed by atoms with Gasteiger partial charge in [0.05, 0.1) is 31.2 Å². The minimum Gasteiger partial charge on any atom is -0.465 e. The molecular formula is C20H30FN3O3. The molecule has 1 amide bonds. The molecule has 3 saturated carbocycles. The van der Waals surface area contributed by atoms with Crippen LogP contribution in [0.25, 0.3) is 0 Å². The van der Waals surface area contributed by atoms with Gasteiger partial charge < -0.3 is 15.0 Å². The Morgan fingerprint density at radius 3 is 2.44 bits per heavy atom. The van der Waals surface area contributed by atoms with Gasteiger partial charge in [-0.05, 0) is 44.4 Å². The molecule has 0 aromatic carbocycles. The van der Waals surface area contributed by atoms with Gasteiger partial charge in [0.25, 0.3) is 0 Å². The summed E-state index contributed by atoms with van der Waals surface area (Å²) in [6.07, 6.45) is 3.85. The van der Waals surface area contributed by atoms with Gasteiger partial charge in [-0.3, -0.25) is 9.59 Å². The highest BCUT2D eigenvalue weighted by atomic mass is 19.1. The monoisotopic (exact) mass is 379 g/mol. The Labute approximate surface area is 160 Å². The van der Waals surface area contributed by atoms with Gasteiger partial charge >= 0.3 is 5.97 Å². The largest absolute Gasteiger partial charge is 0.465 e.